The van der Waals surface area contributed by atoms with Gasteiger partial charge in [0, 0.05) is 15.1 Å². The third kappa shape index (κ3) is 11.2. The van der Waals surface area contributed by atoms with Crippen molar-refractivity contribution in [1.82, 2.24) is 20.6 Å². The molecule has 49 heavy (non-hydrogen) atoms. The first kappa shape index (κ1) is 38.1. The van der Waals surface area contributed by atoms with Crippen molar-refractivity contribution in [2.24, 2.45) is 0 Å². The molecule has 1 heterocycles. The number of hydrogen-bond acceptors (Lipinski definition) is 6. The number of hydrogen-bond donors (Lipinski definition) is 3. The Morgan fingerprint density at radius 1 is 0.918 bits per heavy atom. The smallest absolute Gasteiger partial charge is 0.408 e. The fourth-order valence-corrected chi connectivity index (χ4v) is 5.68. The summed E-state index contributed by atoms with van der Waals surface area (Å²) < 4.78 is 32.8. The highest BCUT2D eigenvalue weighted by Gasteiger charge is 2.32. The highest BCUT2D eigenvalue weighted by atomic mass is 127. The van der Waals surface area contributed by atoms with Crippen LogP contribution in [0.4, 0.5) is 9.18 Å². The van der Waals surface area contributed by atoms with Gasteiger partial charge in [0.1, 0.15) is 46.5 Å². The maximum atomic E-state index is 15.0. The van der Waals surface area contributed by atoms with E-state index in [0.29, 0.717) is 30.4 Å². The van der Waals surface area contributed by atoms with Crippen molar-refractivity contribution in [3.63, 3.8) is 0 Å². The monoisotopic (exact) mass is 804 g/mol. The molecule has 1 aromatic heterocycles. The standard InChI is InChI=1S/C37H43ClFIN4O5/c1-22(23-11-9-8-10-12-23)29(33-41-31(32(38)44-33)27-18-15-25(40)21-28(27)39)42-34(45)30(43-35(46)49-37(5,6)7)24-13-16-26(17-14-24)47-19-20-48-36(2,3)4/h8-18,21-22,29-30H,19-20H2,1-7H3,(H,41,44)(H,42,45)(H,43,46)/t22?,29?,30-/m1/s1. The Hall–Kier alpha value is -3.68. The molecule has 0 saturated heterocycles. The average molecular weight is 805 g/mol. The molecule has 0 radical (unpaired) electrons. The first-order valence-electron chi connectivity index (χ1n) is 15.9. The normalized spacial score (nSPS) is 13.7. The van der Waals surface area contributed by atoms with Crippen LogP contribution < -0.4 is 15.4 Å². The minimum Gasteiger partial charge on any atom is -0.491 e. The summed E-state index contributed by atoms with van der Waals surface area (Å²) in [4.78, 5) is 35.0. The van der Waals surface area contributed by atoms with Crippen molar-refractivity contribution in [2.75, 3.05) is 13.2 Å². The largest absolute Gasteiger partial charge is 0.491 e. The molecule has 3 atom stereocenters. The Morgan fingerprint density at radius 3 is 2.20 bits per heavy atom. The first-order valence-corrected chi connectivity index (χ1v) is 17.4. The molecule has 4 aromatic rings. The third-order valence-corrected chi connectivity index (χ3v) is 8.25. The molecule has 9 nitrogen and oxygen atoms in total. The molecular weight excluding hydrogens is 762 g/mol. The Labute approximate surface area is 305 Å². The summed E-state index contributed by atoms with van der Waals surface area (Å²) in [6, 6.07) is 19.3. The van der Waals surface area contributed by atoms with Crippen LogP contribution in [-0.2, 0) is 14.3 Å². The van der Waals surface area contributed by atoms with Crippen LogP contribution in [-0.4, -0.2) is 46.4 Å². The van der Waals surface area contributed by atoms with E-state index >= 15 is 4.39 Å². The van der Waals surface area contributed by atoms with E-state index in [4.69, 9.17) is 30.8 Å². The van der Waals surface area contributed by atoms with Gasteiger partial charge in [0.25, 0.3) is 0 Å². The van der Waals surface area contributed by atoms with Crippen LogP contribution >= 0.6 is 34.2 Å². The van der Waals surface area contributed by atoms with E-state index in [0.717, 1.165) is 9.13 Å². The second kappa shape index (κ2) is 16.4. The molecular formula is C37H43ClFIN4O5. The lowest BCUT2D eigenvalue weighted by Crippen LogP contribution is -2.44. The maximum Gasteiger partial charge on any atom is 0.408 e. The SMILES string of the molecule is CC(c1ccccc1)C(NC(=O)[C@H](NC(=O)OC(C)(C)C)c1ccc(OCCOC(C)(C)C)cc1)c1nc(-c2ccc(I)cc2F)c(Cl)[nH]1. The number of amides is 2. The van der Waals surface area contributed by atoms with Crippen LogP contribution in [0.5, 0.6) is 5.75 Å². The number of rotatable bonds is 12. The topological polar surface area (TPSA) is 115 Å². The van der Waals surface area contributed by atoms with Gasteiger partial charge in [-0.1, -0.05) is 61.0 Å². The lowest BCUT2D eigenvalue weighted by molar-refractivity contribution is -0.124. The molecule has 0 bridgehead atoms. The zero-order chi connectivity index (χ0) is 35.9. The zero-order valence-electron chi connectivity index (χ0n) is 28.7. The minimum atomic E-state index is -1.16. The molecule has 262 valence electrons. The number of H-pyrrole nitrogens is 1. The van der Waals surface area contributed by atoms with Crippen molar-refractivity contribution in [3.8, 4) is 17.0 Å². The van der Waals surface area contributed by atoms with Gasteiger partial charge in [0.15, 0.2) is 0 Å². The first-order chi connectivity index (χ1) is 23.0. The van der Waals surface area contributed by atoms with Gasteiger partial charge in [-0.05, 0) is 106 Å². The fraction of sp³-hybridized carbons (Fsp3) is 0.378. The van der Waals surface area contributed by atoms with Crippen LogP contribution in [0.1, 0.15) is 83.4 Å². The van der Waals surface area contributed by atoms with Crippen LogP contribution in [0.25, 0.3) is 11.3 Å². The Morgan fingerprint density at radius 2 is 1.59 bits per heavy atom. The molecule has 0 aliphatic heterocycles. The summed E-state index contributed by atoms with van der Waals surface area (Å²) in [6.45, 7) is 13.8. The van der Waals surface area contributed by atoms with Gasteiger partial charge < -0.3 is 29.8 Å². The van der Waals surface area contributed by atoms with Gasteiger partial charge in [-0.2, -0.15) is 0 Å². The predicted molar refractivity (Wildman–Crippen MR) is 197 cm³/mol. The van der Waals surface area contributed by atoms with E-state index < -0.39 is 35.5 Å². The number of ether oxygens (including phenoxy) is 3. The number of aromatic amines is 1. The molecule has 4 rings (SSSR count). The van der Waals surface area contributed by atoms with E-state index in [1.807, 2.05) is 80.6 Å². The molecule has 0 fully saturated rings. The van der Waals surface area contributed by atoms with E-state index in [1.165, 1.54) is 6.07 Å². The summed E-state index contributed by atoms with van der Waals surface area (Å²) in [7, 11) is 0. The van der Waals surface area contributed by atoms with Gasteiger partial charge in [0.05, 0.1) is 18.2 Å². The summed E-state index contributed by atoms with van der Waals surface area (Å²) in [5.41, 5.74) is 0.770. The lowest BCUT2D eigenvalue weighted by Gasteiger charge is -2.28. The summed E-state index contributed by atoms with van der Waals surface area (Å²) >= 11 is 8.63. The molecule has 2 unspecified atom stereocenters. The van der Waals surface area contributed by atoms with Crippen LogP contribution in [0, 0.1) is 9.39 Å². The number of halogens is 3. The van der Waals surface area contributed by atoms with E-state index in [9.17, 15) is 9.59 Å². The third-order valence-electron chi connectivity index (χ3n) is 7.31. The number of nitrogens with one attached hydrogen (secondary N) is 3. The lowest BCUT2D eigenvalue weighted by atomic mass is 9.92. The van der Waals surface area contributed by atoms with Crippen molar-refractivity contribution < 1.29 is 28.2 Å². The number of alkyl carbamates (subject to hydrolysis) is 1. The van der Waals surface area contributed by atoms with Gasteiger partial charge in [-0.15, -0.1) is 0 Å². The van der Waals surface area contributed by atoms with Gasteiger partial charge >= 0.3 is 6.09 Å². The highest BCUT2D eigenvalue weighted by Crippen LogP contribution is 2.35. The minimum absolute atomic E-state index is 0.126. The van der Waals surface area contributed by atoms with Crippen molar-refractivity contribution >= 4 is 46.2 Å². The highest BCUT2D eigenvalue weighted by molar-refractivity contribution is 14.1. The maximum absolute atomic E-state index is 15.0. The molecule has 0 spiro atoms. The second-order valence-electron chi connectivity index (χ2n) is 13.6. The van der Waals surface area contributed by atoms with Gasteiger partial charge in [-0.25, -0.2) is 14.2 Å². The van der Waals surface area contributed by atoms with Crippen molar-refractivity contribution in [1.29, 1.82) is 0 Å². The van der Waals surface area contributed by atoms with Gasteiger partial charge in [0.2, 0.25) is 5.91 Å². The summed E-state index contributed by atoms with van der Waals surface area (Å²) in [5, 5.41) is 5.93. The predicted octanol–water partition coefficient (Wildman–Crippen LogP) is 8.89. The number of aromatic nitrogens is 2. The van der Waals surface area contributed by atoms with Crippen molar-refractivity contribution in [2.45, 2.75) is 77.7 Å². The quantitative estimate of drug-likeness (QED) is 0.0974. The molecule has 12 heteroatoms. The average Bonchev–Trinajstić information content (AvgIpc) is 3.40. The fourth-order valence-electron chi connectivity index (χ4n) is 4.98. The molecule has 3 aromatic carbocycles. The van der Waals surface area contributed by atoms with E-state index in [-0.39, 0.29) is 27.9 Å². The zero-order valence-corrected chi connectivity index (χ0v) is 31.6. The van der Waals surface area contributed by atoms with Crippen LogP contribution in [0.3, 0.4) is 0 Å². The molecule has 0 aliphatic carbocycles. The van der Waals surface area contributed by atoms with Crippen LogP contribution in [0.15, 0.2) is 72.8 Å². The summed E-state index contributed by atoms with van der Waals surface area (Å²) in [5.74, 6) is -0.427. The van der Waals surface area contributed by atoms with Crippen LogP contribution in [0.2, 0.25) is 5.15 Å². The Bertz CT molecular complexity index is 1720. The number of imidazole rings is 1. The Balaban J connectivity index is 1.66. The van der Waals surface area contributed by atoms with Crippen molar-refractivity contribution in [3.05, 3.63) is 104 Å². The number of benzene rings is 3. The molecule has 0 aliphatic rings. The van der Waals surface area contributed by atoms with E-state index in [1.54, 1.807) is 57.2 Å². The molecule has 0 saturated carbocycles. The summed E-state index contributed by atoms with van der Waals surface area (Å²) in [6.07, 6.45) is -0.766. The number of carbonyl (C=O) groups excluding carboxylic acids is 2. The number of nitrogens with zero attached hydrogens (tertiary/aromatic N) is 1. The number of carbonyl (C=O) groups is 2. The molecule has 3 N–H and O–H groups in total. The molecule has 2 amide bonds. The second-order valence-corrected chi connectivity index (χ2v) is 15.2. The Kier molecular flexibility index (Phi) is 12.7. The van der Waals surface area contributed by atoms with E-state index in [2.05, 4.69) is 15.6 Å². The van der Waals surface area contributed by atoms with Gasteiger partial charge in [-0.3, -0.25) is 4.79 Å².